The highest BCUT2D eigenvalue weighted by atomic mass is 35.5. The van der Waals surface area contributed by atoms with Gasteiger partial charge in [-0.1, -0.05) is 79.8 Å². The Kier molecular flexibility index (Phi) is 5.05. The molecule has 4 heteroatoms. The summed E-state index contributed by atoms with van der Waals surface area (Å²) in [4.78, 5) is 3.33. The molecule has 1 atom stereocenters. The number of hydrogen-bond donors (Lipinski definition) is 0. The molecule has 1 aliphatic carbocycles. The van der Waals surface area contributed by atoms with Gasteiger partial charge in [-0.25, -0.2) is 0 Å². The van der Waals surface area contributed by atoms with Gasteiger partial charge in [-0.2, -0.15) is 0 Å². The van der Waals surface area contributed by atoms with E-state index in [1.165, 1.54) is 4.90 Å². The Labute approximate surface area is 198 Å². The van der Waals surface area contributed by atoms with Gasteiger partial charge in [0, 0.05) is 53.3 Å². The van der Waals surface area contributed by atoms with Crippen LogP contribution in [-0.2, 0) is 6.42 Å². The molecule has 2 aromatic carbocycles. The van der Waals surface area contributed by atoms with Gasteiger partial charge in [-0.3, -0.25) is 9.80 Å². The highest BCUT2D eigenvalue weighted by Crippen LogP contribution is 2.29. The van der Waals surface area contributed by atoms with Gasteiger partial charge in [0.1, 0.15) is 0 Å². The van der Waals surface area contributed by atoms with Gasteiger partial charge in [0.25, 0.3) is 0 Å². The summed E-state index contributed by atoms with van der Waals surface area (Å²) in [6, 6.07) is 16.8. The lowest BCUT2D eigenvalue weighted by Crippen LogP contribution is -2.51. The summed E-state index contributed by atoms with van der Waals surface area (Å²) in [5.41, 5.74) is 2.20. The zero-order chi connectivity index (χ0) is 27.5. The van der Waals surface area contributed by atoms with E-state index in [1.807, 2.05) is 60.7 Å². The largest absolute Gasteiger partial charge is 0.298 e. The number of nitrogens with zero attached hydrogens (tertiary/aromatic N) is 2. The highest BCUT2D eigenvalue weighted by Gasteiger charge is 2.29. The minimum absolute atomic E-state index is 0. The summed E-state index contributed by atoms with van der Waals surface area (Å²) >= 11 is 0. The predicted molar refractivity (Wildman–Crippen MR) is 124 cm³/mol. The number of hydrogen-bond acceptors (Lipinski definition) is 2. The number of rotatable bonds is 5. The fourth-order valence-corrected chi connectivity index (χ4v) is 3.63. The molecule has 0 amide bonds. The summed E-state index contributed by atoms with van der Waals surface area (Å²) in [6.45, 7) is 0.627. The van der Waals surface area contributed by atoms with Crippen LogP contribution in [0.2, 0.25) is 0 Å². The van der Waals surface area contributed by atoms with E-state index in [9.17, 15) is 0 Å². The van der Waals surface area contributed by atoms with Gasteiger partial charge in [0.05, 0.1) is 0 Å². The van der Waals surface area contributed by atoms with Crippen molar-refractivity contribution < 1.29 is 15.1 Å². The Morgan fingerprint density at radius 2 is 1.39 bits per heavy atom. The molecule has 0 N–H and O–H groups in total. The minimum Gasteiger partial charge on any atom is -0.298 e. The van der Waals surface area contributed by atoms with Crippen LogP contribution in [-0.4, -0.2) is 42.0 Å². The smallest absolute Gasteiger partial charge is 0.0467 e. The number of halogens is 2. The Hall–Kier alpha value is -1.06. The molecule has 1 unspecified atom stereocenters. The van der Waals surface area contributed by atoms with Crippen LogP contribution in [0.3, 0.4) is 0 Å². The van der Waals surface area contributed by atoms with Crippen molar-refractivity contribution in [3.05, 3.63) is 71.8 Å². The van der Waals surface area contributed by atoms with E-state index in [-0.39, 0.29) is 43.9 Å². The first-order valence-corrected chi connectivity index (χ1v) is 9.12. The summed E-state index contributed by atoms with van der Waals surface area (Å²) in [5.74, 6) is 0. The van der Waals surface area contributed by atoms with Crippen molar-refractivity contribution >= 4 is 24.8 Å². The van der Waals surface area contributed by atoms with E-state index < -0.39 is 37.9 Å². The quantitative estimate of drug-likeness (QED) is 0.592. The van der Waals surface area contributed by atoms with E-state index in [0.29, 0.717) is 19.5 Å². The molecule has 2 nitrogen and oxygen atoms in total. The van der Waals surface area contributed by atoms with Crippen molar-refractivity contribution in [3.63, 3.8) is 0 Å². The predicted octanol–water partition coefficient (Wildman–Crippen LogP) is 5.76. The molecule has 0 radical (unpaired) electrons. The van der Waals surface area contributed by atoms with Crippen LogP contribution >= 0.6 is 24.8 Å². The zero-order valence-electron chi connectivity index (χ0n) is 26.6. The molecule has 1 aliphatic heterocycles. The Morgan fingerprint density at radius 1 is 0.821 bits per heavy atom. The second kappa shape index (κ2) is 11.8. The van der Waals surface area contributed by atoms with Crippen LogP contribution in [0.1, 0.15) is 64.1 Å². The third-order valence-corrected chi connectivity index (χ3v) is 5.01. The molecule has 0 bridgehead atoms. The molecule has 0 spiro atoms. The molecule has 2 aromatic rings. The van der Waals surface area contributed by atoms with Gasteiger partial charge in [0.2, 0.25) is 0 Å². The van der Waals surface area contributed by atoms with E-state index in [2.05, 4.69) is 4.90 Å². The Balaban J connectivity index is 0.00000267. The number of benzene rings is 2. The van der Waals surface area contributed by atoms with Crippen LogP contribution < -0.4 is 0 Å². The average molecular weight is 433 g/mol. The Morgan fingerprint density at radius 3 is 2.00 bits per heavy atom. The number of piperazine rings is 1. The van der Waals surface area contributed by atoms with Gasteiger partial charge in [-0.05, 0) is 30.3 Å². The van der Waals surface area contributed by atoms with E-state index in [4.69, 9.17) is 15.1 Å². The third-order valence-electron chi connectivity index (χ3n) is 5.01. The van der Waals surface area contributed by atoms with Crippen molar-refractivity contribution in [2.45, 2.75) is 50.3 Å². The SMILES string of the molecule is Cl.Cl.[2H]C1([2H])C([2H])([2H])C([2H])([2H])C([2H])(N2CCN(C(Cc3ccccc3)c3ccccc3)CC2)C([2H])([2H])C1([2H])[2H]. The van der Waals surface area contributed by atoms with Gasteiger partial charge >= 0.3 is 0 Å². The molecule has 1 saturated heterocycles. The normalized spacial score (nSPS) is 35.9. The van der Waals surface area contributed by atoms with Crippen LogP contribution in [0.15, 0.2) is 60.7 Å². The fourth-order valence-electron chi connectivity index (χ4n) is 3.63. The first-order chi connectivity index (χ1) is 17.0. The maximum absolute atomic E-state index is 9.04. The molecular formula is C24H34Cl2N2. The molecular weight excluding hydrogens is 387 g/mol. The van der Waals surface area contributed by atoms with Crippen molar-refractivity contribution in [2.75, 3.05) is 26.2 Å². The summed E-state index contributed by atoms with van der Waals surface area (Å²) in [5, 5.41) is 0. The summed E-state index contributed by atoms with van der Waals surface area (Å²) in [7, 11) is 0. The van der Waals surface area contributed by atoms with Gasteiger partial charge < -0.3 is 0 Å². The van der Waals surface area contributed by atoms with Crippen molar-refractivity contribution in [2.24, 2.45) is 0 Å². The van der Waals surface area contributed by atoms with Gasteiger partial charge in [-0.15, -0.1) is 24.8 Å². The zero-order valence-corrected chi connectivity index (χ0v) is 17.2. The lowest BCUT2D eigenvalue weighted by atomic mass is 9.93. The highest BCUT2D eigenvalue weighted by molar-refractivity contribution is 5.85. The van der Waals surface area contributed by atoms with E-state index in [1.54, 1.807) is 0 Å². The molecule has 28 heavy (non-hydrogen) atoms. The van der Waals surface area contributed by atoms with E-state index in [0.717, 1.165) is 11.1 Å². The van der Waals surface area contributed by atoms with E-state index >= 15 is 0 Å². The van der Waals surface area contributed by atoms with Crippen molar-refractivity contribution in [3.8, 4) is 0 Å². The molecule has 2 aliphatic rings. The first kappa shape index (κ1) is 12.0. The monoisotopic (exact) mass is 431 g/mol. The Bertz CT molecular complexity index is 1070. The second-order valence-electron chi connectivity index (χ2n) is 6.61. The fraction of sp³-hybridized carbons (Fsp3) is 0.500. The molecule has 2 fully saturated rings. The molecule has 0 aromatic heterocycles. The summed E-state index contributed by atoms with van der Waals surface area (Å²) in [6.07, 6.45) is -16.5. The van der Waals surface area contributed by atoms with Crippen LogP contribution in [0.5, 0.6) is 0 Å². The standard InChI is InChI=1S/C24H32N2.2ClH/c1-4-10-21(11-5-1)20-24(22-12-6-2-7-13-22)26-18-16-25(17-19-26)23-14-8-3-9-15-23;;/h1-2,4-7,10-13,23-24H,3,8-9,14-20H2;2*1H/i3D2,8D2,9D2,14D2,15D2,23D;;. The van der Waals surface area contributed by atoms with Crippen molar-refractivity contribution in [1.82, 2.24) is 9.80 Å². The maximum Gasteiger partial charge on any atom is 0.0467 e. The minimum atomic E-state index is -3.51. The van der Waals surface area contributed by atoms with Crippen LogP contribution in [0, 0.1) is 0 Å². The molecule has 1 saturated carbocycles. The summed E-state index contributed by atoms with van der Waals surface area (Å²) < 4.78 is 92.2. The van der Waals surface area contributed by atoms with Crippen LogP contribution in [0.25, 0.3) is 0 Å². The lowest BCUT2D eigenvalue weighted by molar-refractivity contribution is 0.0559. The van der Waals surface area contributed by atoms with Crippen molar-refractivity contribution in [1.29, 1.82) is 0 Å². The topological polar surface area (TPSA) is 6.48 Å². The van der Waals surface area contributed by atoms with Crippen LogP contribution in [0.4, 0.5) is 0 Å². The van der Waals surface area contributed by atoms with Gasteiger partial charge in [0.15, 0.2) is 0 Å². The maximum atomic E-state index is 9.04. The molecule has 1 heterocycles. The first-order valence-electron chi connectivity index (χ1n) is 14.6. The third kappa shape index (κ3) is 5.97. The molecule has 154 valence electrons. The lowest BCUT2D eigenvalue weighted by Gasteiger charge is -2.43. The average Bonchev–Trinajstić information content (AvgIpc) is 2.87. The molecule has 4 rings (SSSR count). The second-order valence-corrected chi connectivity index (χ2v) is 6.61.